The van der Waals surface area contributed by atoms with Crippen LogP contribution in [0.15, 0.2) is 91.3 Å². The number of pyridine rings is 2. The van der Waals surface area contributed by atoms with Crippen molar-refractivity contribution in [3.63, 3.8) is 0 Å². The zero-order valence-electron chi connectivity index (χ0n) is 20.8. The first-order valence-corrected chi connectivity index (χ1v) is 13.2. The predicted octanol–water partition coefficient (Wildman–Crippen LogP) is 7.10. The molecular formula is C31H31ClN4O. The molecular weight excluding hydrogens is 480 g/mol. The van der Waals surface area contributed by atoms with E-state index in [1.165, 1.54) is 5.56 Å². The highest BCUT2D eigenvalue weighted by Crippen LogP contribution is 2.29. The Kier molecular flexibility index (Phi) is 8.59. The van der Waals surface area contributed by atoms with Gasteiger partial charge in [-0.1, -0.05) is 72.3 Å². The van der Waals surface area contributed by atoms with Gasteiger partial charge < -0.3 is 15.4 Å². The van der Waals surface area contributed by atoms with Gasteiger partial charge in [0.1, 0.15) is 5.82 Å². The minimum Gasteiger partial charge on any atom is -0.380 e. The van der Waals surface area contributed by atoms with E-state index in [4.69, 9.17) is 21.3 Å². The van der Waals surface area contributed by atoms with Crippen molar-refractivity contribution in [3.05, 3.63) is 102 Å². The number of unbranched alkanes of at least 4 members (excludes halogenated alkanes) is 1. The summed E-state index contributed by atoms with van der Waals surface area (Å²) in [7, 11) is 0. The van der Waals surface area contributed by atoms with Crippen LogP contribution in [-0.2, 0) is 11.3 Å². The Hall–Kier alpha value is -3.51. The number of fused-ring (bicyclic) bond motifs is 3. The highest BCUT2D eigenvalue weighted by Gasteiger charge is 2.08. The molecule has 188 valence electrons. The van der Waals surface area contributed by atoms with Crippen molar-refractivity contribution in [1.29, 1.82) is 0 Å². The van der Waals surface area contributed by atoms with Gasteiger partial charge in [0.05, 0.1) is 12.1 Å². The van der Waals surface area contributed by atoms with Crippen LogP contribution in [0.1, 0.15) is 18.4 Å². The summed E-state index contributed by atoms with van der Waals surface area (Å²) in [5, 5.41) is 11.0. The molecule has 3 aromatic carbocycles. The summed E-state index contributed by atoms with van der Waals surface area (Å²) in [5.41, 5.74) is 4.37. The van der Waals surface area contributed by atoms with Gasteiger partial charge in [0.25, 0.3) is 0 Å². The highest BCUT2D eigenvalue weighted by atomic mass is 35.5. The topological polar surface area (TPSA) is 59.1 Å². The number of nitrogens with zero attached hydrogens (tertiary/aromatic N) is 2. The second kappa shape index (κ2) is 12.6. The first-order chi connectivity index (χ1) is 18.3. The van der Waals surface area contributed by atoms with Crippen LogP contribution in [0, 0.1) is 0 Å². The molecule has 0 radical (unpaired) electrons. The molecule has 0 atom stereocenters. The number of aromatic nitrogens is 2. The number of hydrogen-bond acceptors (Lipinski definition) is 5. The third-order valence-electron chi connectivity index (χ3n) is 6.38. The Morgan fingerprint density at radius 2 is 1.65 bits per heavy atom. The third kappa shape index (κ3) is 6.44. The average molecular weight is 511 g/mol. The molecule has 5 rings (SSSR count). The van der Waals surface area contributed by atoms with Crippen LogP contribution in [0.3, 0.4) is 0 Å². The number of benzene rings is 3. The Balaban J connectivity index is 0.990. The van der Waals surface area contributed by atoms with E-state index in [9.17, 15) is 0 Å². The van der Waals surface area contributed by atoms with Crippen LogP contribution in [0.4, 0.5) is 5.82 Å². The van der Waals surface area contributed by atoms with E-state index >= 15 is 0 Å². The number of rotatable bonds is 12. The normalized spacial score (nSPS) is 11.3. The molecule has 0 bridgehead atoms. The van der Waals surface area contributed by atoms with Gasteiger partial charge in [-0.3, -0.25) is 4.98 Å². The molecule has 5 aromatic rings. The fourth-order valence-electron chi connectivity index (χ4n) is 4.48. The predicted molar refractivity (Wildman–Crippen MR) is 154 cm³/mol. The van der Waals surface area contributed by atoms with Gasteiger partial charge >= 0.3 is 0 Å². The monoisotopic (exact) mass is 510 g/mol. The Bertz CT molecular complexity index is 1460. The molecule has 0 amide bonds. The van der Waals surface area contributed by atoms with Crippen LogP contribution in [0.5, 0.6) is 0 Å². The molecule has 0 spiro atoms. The highest BCUT2D eigenvalue weighted by molar-refractivity contribution is 6.33. The van der Waals surface area contributed by atoms with Gasteiger partial charge in [-0.15, -0.1) is 0 Å². The Morgan fingerprint density at radius 1 is 0.784 bits per heavy atom. The lowest BCUT2D eigenvalue weighted by molar-refractivity contribution is 0.140. The van der Waals surface area contributed by atoms with Gasteiger partial charge in [-0.25, -0.2) is 4.98 Å². The lowest BCUT2D eigenvalue weighted by atomic mass is 10.0. The van der Waals surface area contributed by atoms with Gasteiger partial charge in [0, 0.05) is 58.8 Å². The van der Waals surface area contributed by atoms with Crippen LogP contribution in [-0.4, -0.2) is 36.3 Å². The van der Waals surface area contributed by atoms with Crippen LogP contribution >= 0.6 is 11.6 Å². The SMILES string of the molecule is Clc1cc(CNCCCCOCCNc2nc3ccccc3c3cnccc23)ccc1-c1ccccc1. The molecule has 0 aliphatic heterocycles. The Labute approximate surface area is 222 Å². The lowest BCUT2D eigenvalue weighted by Crippen LogP contribution is -2.16. The van der Waals surface area contributed by atoms with Crippen molar-refractivity contribution in [2.45, 2.75) is 19.4 Å². The first kappa shape index (κ1) is 25.2. The molecule has 2 heterocycles. The molecule has 6 heteroatoms. The zero-order chi connectivity index (χ0) is 25.3. The smallest absolute Gasteiger partial charge is 0.134 e. The maximum Gasteiger partial charge on any atom is 0.134 e. The van der Waals surface area contributed by atoms with Crippen molar-refractivity contribution in [1.82, 2.24) is 15.3 Å². The summed E-state index contributed by atoms with van der Waals surface area (Å²) in [4.78, 5) is 9.11. The van der Waals surface area contributed by atoms with Gasteiger partial charge in [0.2, 0.25) is 0 Å². The molecule has 0 fully saturated rings. The number of hydrogen-bond donors (Lipinski definition) is 2. The summed E-state index contributed by atoms with van der Waals surface area (Å²) in [6.07, 6.45) is 5.79. The van der Waals surface area contributed by atoms with E-state index in [1.807, 2.05) is 54.9 Å². The van der Waals surface area contributed by atoms with E-state index in [-0.39, 0.29) is 0 Å². The van der Waals surface area contributed by atoms with Crippen LogP contribution in [0.25, 0.3) is 32.8 Å². The third-order valence-corrected chi connectivity index (χ3v) is 6.69. The van der Waals surface area contributed by atoms with Crippen molar-refractivity contribution >= 4 is 39.1 Å². The van der Waals surface area contributed by atoms with Crippen molar-refractivity contribution in [2.75, 3.05) is 31.6 Å². The van der Waals surface area contributed by atoms with Gasteiger partial charge in [0.15, 0.2) is 0 Å². The fraction of sp³-hybridized carbons (Fsp3) is 0.226. The molecule has 0 saturated heterocycles. The van der Waals surface area contributed by atoms with E-state index < -0.39 is 0 Å². The standard InChI is InChI=1S/C31H31ClN4O/c32-29-20-23(12-13-25(29)24-8-2-1-3-9-24)21-33-15-6-7-18-37-19-17-35-31-27-14-16-34-22-28(27)26-10-4-5-11-30(26)36-31/h1-5,8-14,16,20,22,33H,6-7,15,17-19,21H2,(H,35,36). The van der Waals surface area contributed by atoms with Crippen LogP contribution in [0.2, 0.25) is 5.02 Å². The summed E-state index contributed by atoms with van der Waals surface area (Å²) in [6.45, 7) is 3.85. The van der Waals surface area contributed by atoms with E-state index in [0.717, 1.165) is 76.2 Å². The fourth-order valence-corrected chi connectivity index (χ4v) is 4.79. The van der Waals surface area contributed by atoms with Crippen molar-refractivity contribution in [2.24, 2.45) is 0 Å². The maximum atomic E-state index is 6.52. The van der Waals surface area contributed by atoms with E-state index in [1.54, 1.807) is 0 Å². The minimum atomic E-state index is 0.640. The number of nitrogens with one attached hydrogen (secondary N) is 2. The lowest BCUT2D eigenvalue weighted by Gasteiger charge is -2.12. The largest absolute Gasteiger partial charge is 0.380 e. The average Bonchev–Trinajstić information content (AvgIpc) is 2.94. The van der Waals surface area contributed by atoms with Crippen molar-refractivity contribution in [3.8, 4) is 11.1 Å². The maximum absolute atomic E-state index is 6.52. The molecule has 0 aliphatic rings. The molecule has 5 nitrogen and oxygen atoms in total. The number of halogens is 1. The molecule has 37 heavy (non-hydrogen) atoms. The summed E-state index contributed by atoms with van der Waals surface area (Å²) in [6, 6.07) is 26.7. The van der Waals surface area contributed by atoms with Gasteiger partial charge in [-0.2, -0.15) is 0 Å². The second-order valence-corrected chi connectivity index (χ2v) is 9.41. The zero-order valence-corrected chi connectivity index (χ0v) is 21.5. The Morgan fingerprint density at radius 3 is 2.54 bits per heavy atom. The number of para-hydroxylation sites is 1. The van der Waals surface area contributed by atoms with E-state index in [2.05, 4.69) is 52.0 Å². The molecule has 0 saturated carbocycles. The molecule has 2 N–H and O–H groups in total. The summed E-state index contributed by atoms with van der Waals surface area (Å²) >= 11 is 6.52. The molecule has 2 aromatic heterocycles. The second-order valence-electron chi connectivity index (χ2n) is 9.00. The first-order valence-electron chi connectivity index (χ1n) is 12.8. The van der Waals surface area contributed by atoms with Gasteiger partial charge in [-0.05, 0) is 48.7 Å². The minimum absolute atomic E-state index is 0.640. The summed E-state index contributed by atoms with van der Waals surface area (Å²) in [5.74, 6) is 0.876. The molecule has 0 aliphatic carbocycles. The number of ether oxygens (including phenoxy) is 1. The van der Waals surface area contributed by atoms with Crippen LogP contribution < -0.4 is 10.6 Å². The quantitative estimate of drug-likeness (QED) is 0.138. The van der Waals surface area contributed by atoms with Crippen molar-refractivity contribution < 1.29 is 4.74 Å². The van der Waals surface area contributed by atoms with E-state index in [0.29, 0.717) is 13.2 Å². The summed E-state index contributed by atoms with van der Waals surface area (Å²) < 4.78 is 5.84. The molecule has 0 unspecified atom stereocenters. The number of anilines is 1.